The summed E-state index contributed by atoms with van der Waals surface area (Å²) in [6, 6.07) is 9.73. The minimum atomic E-state index is -1.12. The predicted octanol–water partition coefficient (Wildman–Crippen LogP) is 5.16. The summed E-state index contributed by atoms with van der Waals surface area (Å²) in [6.07, 6.45) is 3.52. The van der Waals surface area contributed by atoms with E-state index in [2.05, 4.69) is 16.0 Å². The molecule has 2 amide bonds. The lowest BCUT2D eigenvalue weighted by Crippen LogP contribution is -2.47. The van der Waals surface area contributed by atoms with E-state index in [0.29, 0.717) is 30.6 Å². The fourth-order valence-corrected chi connectivity index (χ4v) is 6.51. The van der Waals surface area contributed by atoms with Crippen molar-refractivity contribution in [3.05, 3.63) is 74.3 Å². The molecule has 42 heavy (non-hydrogen) atoms. The zero-order valence-electron chi connectivity index (χ0n) is 25.3. The highest BCUT2D eigenvalue weighted by molar-refractivity contribution is 7.09. The number of benzene rings is 1. The van der Waals surface area contributed by atoms with Crippen LogP contribution in [0.4, 0.5) is 11.4 Å². The van der Waals surface area contributed by atoms with Crippen molar-refractivity contribution in [2.75, 3.05) is 36.5 Å². The SMILES string of the molecule is CCN1C(=O)C(C)(C)C(=O)N(C)c2cc(CCCN(CCn3ccc4oc(C)cc4c3=O)Cc3scnc3C)ccc21. The highest BCUT2D eigenvalue weighted by Gasteiger charge is 2.45. The van der Waals surface area contributed by atoms with Crippen molar-refractivity contribution in [1.29, 1.82) is 0 Å². The normalized spacial score (nSPS) is 15.1. The van der Waals surface area contributed by atoms with Crippen LogP contribution in [0, 0.1) is 19.3 Å². The van der Waals surface area contributed by atoms with Crippen LogP contribution < -0.4 is 15.4 Å². The van der Waals surface area contributed by atoms with Crippen LogP contribution >= 0.6 is 11.3 Å². The lowest BCUT2D eigenvalue weighted by Gasteiger charge is -2.27. The molecule has 1 aromatic carbocycles. The number of nitrogens with zero attached hydrogens (tertiary/aromatic N) is 5. The van der Waals surface area contributed by atoms with Crippen molar-refractivity contribution >= 4 is 45.5 Å². The molecule has 1 aliphatic heterocycles. The molecule has 0 N–H and O–H groups in total. The Morgan fingerprint density at radius 2 is 1.81 bits per heavy atom. The number of fused-ring (bicyclic) bond motifs is 2. The van der Waals surface area contributed by atoms with Crippen molar-refractivity contribution < 1.29 is 14.0 Å². The van der Waals surface area contributed by atoms with Gasteiger partial charge in [-0.3, -0.25) is 19.3 Å². The lowest BCUT2D eigenvalue weighted by molar-refractivity contribution is -0.137. The molecule has 1 aliphatic rings. The summed E-state index contributed by atoms with van der Waals surface area (Å²) in [5.74, 6) is 0.351. The smallest absolute Gasteiger partial charge is 0.261 e. The quantitative estimate of drug-likeness (QED) is 0.238. The Balaban J connectivity index is 1.31. The van der Waals surface area contributed by atoms with Crippen molar-refractivity contribution in [2.45, 2.75) is 60.5 Å². The van der Waals surface area contributed by atoms with Crippen LogP contribution in [0.3, 0.4) is 0 Å². The van der Waals surface area contributed by atoms with E-state index in [1.807, 2.05) is 50.7 Å². The number of carbonyl (C=O) groups is 2. The standard InChI is InChI=1S/C32H39N5O4S/c1-7-37-25-11-10-23(18-26(25)34(6)30(39)32(4,5)31(37)40)9-8-13-35(19-28-22(3)33-20-42-28)15-16-36-14-12-27-24(29(36)38)17-21(2)41-27/h10-12,14,17-18,20H,7-9,13,15-16,19H2,1-6H3. The number of amides is 2. The van der Waals surface area contributed by atoms with Crippen molar-refractivity contribution in [1.82, 2.24) is 14.5 Å². The van der Waals surface area contributed by atoms with Gasteiger partial charge in [0.05, 0.1) is 28.0 Å². The number of carbonyl (C=O) groups excluding carboxylic acids is 2. The van der Waals surface area contributed by atoms with Crippen LogP contribution in [0.15, 0.2) is 51.3 Å². The Bertz CT molecular complexity index is 1680. The number of rotatable bonds is 10. The Hall–Kier alpha value is -3.76. The molecule has 0 bridgehead atoms. The van der Waals surface area contributed by atoms with Crippen LogP contribution in [0.25, 0.3) is 11.0 Å². The van der Waals surface area contributed by atoms with Gasteiger partial charge in [0.2, 0.25) is 11.8 Å². The second-order valence-electron chi connectivity index (χ2n) is 11.6. The molecule has 0 saturated heterocycles. The fraction of sp³-hybridized carbons (Fsp3) is 0.438. The first-order valence-corrected chi connectivity index (χ1v) is 15.3. The van der Waals surface area contributed by atoms with E-state index in [4.69, 9.17) is 4.42 Å². The average Bonchev–Trinajstić information content (AvgIpc) is 3.55. The van der Waals surface area contributed by atoms with Crippen molar-refractivity contribution in [3.63, 3.8) is 0 Å². The average molecular weight is 590 g/mol. The second-order valence-corrected chi connectivity index (χ2v) is 12.5. The zero-order valence-corrected chi connectivity index (χ0v) is 26.1. The highest BCUT2D eigenvalue weighted by atomic mass is 32.1. The van der Waals surface area contributed by atoms with Crippen LogP contribution in [0.5, 0.6) is 0 Å². The minimum absolute atomic E-state index is 0.0373. The van der Waals surface area contributed by atoms with Gasteiger partial charge in [0.25, 0.3) is 5.56 Å². The van der Waals surface area contributed by atoms with Crippen molar-refractivity contribution in [2.24, 2.45) is 5.41 Å². The summed E-state index contributed by atoms with van der Waals surface area (Å²) < 4.78 is 7.37. The van der Waals surface area contributed by atoms with Crippen LogP contribution in [0.1, 0.15) is 49.1 Å². The number of aromatic nitrogens is 2. The molecular weight excluding hydrogens is 550 g/mol. The first-order valence-electron chi connectivity index (χ1n) is 14.4. The molecule has 10 heteroatoms. The summed E-state index contributed by atoms with van der Waals surface area (Å²) in [5.41, 5.74) is 5.02. The van der Waals surface area contributed by atoms with E-state index in [1.165, 1.54) is 4.88 Å². The van der Waals surface area contributed by atoms with Gasteiger partial charge in [-0.25, -0.2) is 4.98 Å². The number of hydrogen-bond acceptors (Lipinski definition) is 7. The number of anilines is 2. The number of furan rings is 1. The van der Waals surface area contributed by atoms with Gasteiger partial charge in [0.1, 0.15) is 16.8 Å². The summed E-state index contributed by atoms with van der Waals surface area (Å²) in [7, 11) is 1.75. The van der Waals surface area contributed by atoms with Gasteiger partial charge in [-0.15, -0.1) is 11.3 Å². The maximum absolute atomic E-state index is 13.2. The van der Waals surface area contributed by atoms with Gasteiger partial charge in [0, 0.05) is 44.3 Å². The number of aryl methyl sites for hydroxylation is 3. The molecule has 4 heterocycles. The Morgan fingerprint density at radius 1 is 1.02 bits per heavy atom. The third kappa shape index (κ3) is 5.65. The predicted molar refractivity (Wildman–Crippen MR) is 167 cm³/mol. The molecule has 0 saturated carbocycles. The number of pyridine rings is 1. The third-order valence-corrected chi connectivity index (χ3v) is 9.14. The third-order valence-electron chi connectivity index (χ3n) is 8.22. The number of hydrogen-bond donors (Lipinski definition) is 0. The highest BCUT2D eigenvalue weighted by Crippen LogP contribution is 2.39. The van der Waals surface area contributed by atoms with E-state index in [-0.39, 0.29) is 17.4 Å². The molecule has 4 aromatic rings. The Labute approximate surface area is 250 Å². The van der Waals surface area contributed by atoms with E-state index in [0.717, 1.165) is 54.3 Å². The van der Waals surface area contributed by atoms with Crippen LogP contribution in [-0.4, -0.2) is 52.9 Å². The van der Waals surface area contributed by atoms with Gasteiger partial charge in [0.15, 0.2) is 0 Å². The summed E-state index contributed by atoms with van der Waals surface area (Å²) in [6.45, 7) is 12.6. The largest absolute Gasteiger partial charge is 0.461 e. The first kappa shape index (κ1) is 29.7. The maximum atomic E-state index is 13.2. The summed E-state index contributed by atoms with van der Waals surface area (Å²) in [5, 5.41) is 0.609. The molecule has 0 atom stereocenters. The maximum Gasteiger partial charge on any atom is 0.261 e. The van der Waals surface area contributed by atoms with E-state index in [9.17, 15) is 14.4 Å². The van der Waals surface area contributed by atoms with Gasteiger partial charge >= 0.3 is 0 Å². The molecule has 3 aromatic heterocycles. The molecule has 5 rings (SSSR count). The zero-order chi connectivity index (χ0) is 30.2. The molecule has 0 radical (unpaired) electrons. The summed E-state index contributed by atoms with van der Waals surface area (Å²) >= 11 is 1.65. The molecule has 0 fully saturated rings. The van der Waals surface area contributed by atoms with E-state index in [1.54, 1.807) is 52.7 Å². The Morgan fingerprint density at radius 3 is 2.52 bits per heavy atom. The van der Waals surface area contributed by atoms with Crippen LogP contribution in [-0.2, 0) is 29.1 Å². The molecule has 0 spiro atoms. The van der Waals surface area contributed by atoms with Gasteiger partial charge in [-0.1, -0.05) is 6.07 Å². The Kier molecular flexibility index (Phi) is 8.39. The topological polar surface area (TPSA) is 91.9 Å². The fourth-order valence-electron chi connectivity index (χ4n) is 5.69. The summed E-state index contributed by atoms with van der Waals surface area (Å²) in [4.78, 5) is 50.8. The monoisotopic (exact) mass is 589 g/mol. The van der Waals surface area contributed by atoms with Crippen LogP contribution in [0.2, 0.25) is 0 Å². The van der Waals surface area contributed by atoms with Gasteiger partial charge in [-0.05, 0) is 83.8 Å². The number of thiazole rings is 1. The second kappa shape index (κ2) is 11.9. The lowest BCUT2D eigenvalue weighted by atomic mass is 9.90. The van der Waals surface area contributed by atoms with Gasteiger partial charge < -0.3 is 18.8 Å². The molecule has 0 aliphatic carbocycles. The van der Waals surface area contributed by atoms with E-state index < -0.39 is 5.41 Å². The molecule has 9 nitrogen and oxygen atoms in total. The molecule has 222 valence electrons. The van der Waals surface area contributed by atoms with E-state index >= 15 is 0 Å². The first-order chi connectivity index (χ1) is 20.0. The molecule has 0 unspecified atom stereocenters. The van der Waals surface area contributed by atoms with Crippen molar-refractivity contribution in [3.8, 4) is 0 Å². The minimum Gasteiger partial charge on any atom is -0.461 e. The van der Waals surface area contributed by atoms with Gasteiger partial charge in [-0.2, -0.15) is 0 Å². The molecular formula is C32H39N5O4S.